The maximum atomic E-state index is 11.0. The second-order valence-electron chi connectivity index (χ2n) is 4.02. The van der Waals surface area contributed by atoms with Crippen LogP contribution in [0.3, 0.4) is 0 Å². The van der Waals surface area contributed by atoms with Gasteiger partial charge in [-0.15, -0.1) is 0 Å². The highest BCUT2D eigenvalue weighted by Crippen LogP contribution is 2.21. The largest absolute Gasteiger partial charge is 0.368 e. The first-order chi connectivity index (χ1) is 7.56. The van der Waals surface area contributed by atoms with Crippen molar-refractivity contribution in [2.24, 2.45) is 11.5 Å². The van der Waals surface area contributed by atoms with E-state index in [-0.39, 0.29) is 18.5 Å². The second kappa shape index (κ2) is 5.51. The molecule has 0 radical (unpaired) electrons. The average Bonchev–Trinajstić information content (AvgIpc) is 2.25. The molecule has 0 aromatic heterocycles. The summed E-state index contributed by atoms with van der Waals surface area (Å²) in [5, 5.41) is 0. The summed E-state index contributed by atoms with van der Waals surface area (Å²) in [7, 11) is 0. The van der Waals surface area contributed by atoms with Gasteiger partial charge in [-0.1, -0.05) is 18.2 Å². The number of carbonyl (C=O) groups excluding carboxylic acids is 1. The molecule has 4 N–H and O–H groups in total. The molecule has 1 amide bonds. The molecule has 0 aliphatic heterocycles. The molecule has 0 spiro atoms. The first kappa shape index (κ1) is 12.5. The van der Waals surface area contributed by atoms with E-state index in [1.807, 2.05) is 43.0 Å². The molecule has 88 valence electrons. The number of hydrogen-bond donors (Lipinski definition) is 2. The summed E-state index contributed by atoms with van der Waals surface area (Å²) in [6, 6.07) is 8.01. The Morgan fingerprint density at radius 3 is 2.50 bits per heavy atom. The molecule has 4 heteroatoms. The van der Waals surface area contributed by atoms with Gasteiger partial charge < -0.3 is 16.4 Å². The van der Waals surface area contributed by atoms with E-state index in [2.05, 4.69) is 0 Å². The van der Waals surface area contributed by atoms with Crippen molar-refractivity contribution in [2.45, 2.75) is 26.4 Å². The zero-order valence-corrected chi connectivity index (χ0v) is 9.81. The molecule has 1 rings (SSSR count). The number of anilines is 1. The van der Waals surface area contributed by atoms with Crippen LogP contribution in [0.25, 0.3) is 0 Å². The van der Waals surface area contributed by atoms with Gasteiger partial charge in [0.25, 0.3) is 0 Å². The van der Waals surface area contributed by atoms with Crippen LogP contribution in [0.2, 0.25) is 0 Å². The van der Waals surface area contributed by atoms with Gasteiger partial charge in [-0.2, -0.15) is 0 Å². The van der Waals surface area contributed by atoms with Crippen LogP contribution in [0, 0.1) is 0 Å². The fraction of sp³-hybridized carbons (Fsp3) is 0.417. The van der Waals surface area contributed by atoms with E-state index in [0.29, 0.717) is 6.54 Å². The van der Waals surface area contributed by atoms with Crippen molar-refractivity contribution in [1.29, 1.82) is 0 Å². The summed E-state index contributed by atoms with van der Waals surface area (Å²) in [5.41, 5.74) is 12.9. The van der Waals surface area contributed by atoms with E-state index in [9.17, 15) is 4.79 Å². The topological polar surface area (TPSA) is 72.3 Å². The number of para-hydroxylation sites is 1. The Labute approximate surface area is 96.2 Å². The van der Waals surface area contributed by atoms with Gasteiger partial charge in [0, 0.05) is 18.3 Å². The number of carbonyl (C=O) groups is 1. The monoisotopic (exact) mass is 221 g/mol. The van der Waals surface area contributed by atoms with Gasteiger partial charge in [0.2, 0.25) is 5.91 Å². The molecule has 1 aromatic carbocycles. The third-order valence-electron chi connectivity index (χ3n) is 2.47. The molecule has 0 atom stereocenters. The van der Waals surface area contributed by atoms with Crippen LogP contribution in [-0.4, -0.2) is 18.5 Å². The second-order valence-corrected chi connectivity index (χ2v) is 4.02. The molecule has 0 aliphatic carbocycles. The van der Waals surface area contributed by atoms with Gasteiger partial charge in [0.1, 0.15) is 0 Å². The van der Waals surface area contributed by atoms with Crippen molar-refractivity contribution < 1.29 is 4.79 Å². The fourth-order valence-corrected chi connectivity index (χ4v) is 1.68. The Morgan fingerprint density at radius 2 is 2.00 bits per heavy atom. The molecular formula is C12H19N3O. The van der Waals surface area contributed by atoms with E-state index in [1.54, 1.807) is 0 Å². The number of benzene rings is 1. The van der Waals surface area contributed by atoms with Crippen LogP contribution in [0.5, 0.6) is 0 Å². The highest BCUT2D eigenvalue weighted by atomic mass is 16.1. The van der Waals surface area contributed by atoms with Crippen molar-refractivity contribution in [1.82, 2.24) is 0 Å². The average molecular weight is 221 g/mol. The minimum atomic E-state index is -0.333. The van der Waals surface area contributed by atoms with Crippen LogP contribution < -0.4 is 16.4 Å². The summed E-state index contributed by atoms with van der Waals surface area (Å²) in [4.78, 5) is 13.0. The van der Waals surface area contributed by atoms with Crippen LogP contribution >= 0.6 is 0 Å². The van der Waals surface area contributed by atoms with Crippen LogP contribution in [0.15, 0.2) is 24.3 Å². The number of amides is 1. The van der Waals surface area contributed by atoms with Crippen LogP contribution in [0.1, 0.15) is 19.4 Å². The highest BCUT2D eigenvalue weighted by molar-refractivity contribution is 5.80. The van der Waals surface area contributed by atoms with Gasteiger partial charge in [0.15, 0.2) is 0 Å². The first-order valence-electron chi connectivity index (χ1n) is 5.39. The number of rotatable bonds is 5. The zero-order valence-electron chi connectivity index (χ0n) is 9.81. The molecule has 0 heterocycles. The van der Waals surface area contributed by atoms with Crippen molar-refractivity contribution in [2.75, 3.05) is 11.4 Å². The molecular weight excluding hydrogens is 202 g/mol. The fourth-order valence-electron chi connectivity index (χ4n) is 1.68. The minimum Gasteiger partial charge on any atom is -0.368 e. The molecule has 0 fully saturated rings. The van der Waals surface area contributed by atoms with Gasteiger partial charge in [-0.25, -0.2) is 0 Å². The Morgan fingerprint density at radius 1 is 1.38 bits per heavy atom. The normalized spacial score (nSPS) is 10.5. The lowest BCUT2D eigenvalue weighted by molar-refractivity contribution is -0.116. The standard InChI is InChI=1S/C12H19N3O/c1-9(2)15(8-12(14)16)11-6-4-3-5-10(11)7-13/h3-6,9H,7-8,13H2,1-2H3,(H2,14,16). The number of primary amides is 1. The summed E-state index contributed by atoms with van der Waals surface area (Å²) in [5.74, 6) is -0.333. The Kier molecular flexibility index (Phi) is 4.31. The SMILES string of the molecule is CC(C)N(CC(N)=O)c1ccccc1CN. The van der Waals surface area contributed by atoms with Gasteiger partial charge in [-0.05, 0) is 25.5 Å². The number of hydrogen-bond acceptors (Lipinski definition) is 3. The van der Waals surface area contributed by atoms with Crippen LogP contribution in [-0.2, 0) is 11.3 Å². The molecule has 4 nitrogen and oxygen atoms in total. The number of nitrogens with two attached hydrogens (primary N) is 2. The van der Waals surface area contributed by atoms with E-state index >= 15 is 0 Å². The lowest BCUT2D eigenvalue weighted by atomic mass is 10.1. The summed E-state index contributed by atoms with van der Waals surface area (Å²) in [6.07, 6.45) is 0. The Balaban J connectivity index is 3.05. The van der Waals surface area contributed by atoms with Gasteiger partial charge in [-0.3, -0.25) is 4.79 Å². The maximum absolute atomic E-state index is 11.0. The quantitative estimate of drug-likeness (QED) is 0.774. The van der Waals surface area contributed by atoms with E-state index < -0.39 is 0 Å². The Hall–Kier alpha value is -1.55. The molecule has 0 unspecified atom stereocenters. The van der Waals surface area contributed by atoms with E-state index in [1.165, 1.54) is 0 Å². The predicted molar refractivity (Wildman–Crippen MR) is 66.0 cm³/mol. The minimum absolute atomic E-state index is 0.209. The van der Waals surface area contributed by atoms with Crippen molar-refractivity contribution in [3.63, 3.8) is 0 Å². The first-order valence-corrected chi connectivity index (χ1v) is 5.39. The highest BCUT2D eigenvalue weighted by Gasteiger charge is 2.15. The Bertz CT molecular complexity index is 363. The molecule has 1 aromatic rings. The van der Waals surface area contributed by atoms with Gasteiger partial charge >= 0.3 is 0 Å². The molecule has 0 saturated carbocycles. The summed E-state index contributed by atoms with van der Waals surface area (Å²) in [6.45, 7) is 4.72. The lowest BCUT2D eigenvalue weighted by Crippen LogP contribution is -2.39. The van der Waals surface area contributed by atoms with Crippen molar-refractivity contribution >= 4 is 11.6 Å². The van der Waals surface area contributed by atoms with E-state index in [4.69, 9.17) is 11.5 Å². The molecule has 0 aliphatic rings. The third-order valence-corrected chi connectivity index (χ3v) is 2.47. The maximum Gasteiger partial charge on any atom is 0.236 e. The van der Waals surface area contributed by atoms with Crippen molar-refractivity contribution in [3.05, 3.63) is 29.8 Å². The predicted octanol–water partition coefficient (Wildman–Crippen LogP) is 0.845. The summed E-state index contributed by atoms with van der Waals surface area (Å²) < 4.78 is 0. The van der Waals surface area contributed by atoms with Gasteiger partial charge in [0.05, 0.1) is 6.54 Å². The molecule has 16 heavy (non-hydrogen) atoms. The number of nitrogens with zero attached hydrogens (tertiary/aromatic N) is 1. The lowest BCUT2D eigenvalue weighted by Gasteiger charge is -2.29. The van der Waals surface area contributed by atoms with Crippen molar-refractivity contribution in [3.8, 4) is 0 Å². The smallest absolute Gasteiger partial charge is 0.236 e. The molecule has 0 saturated heterocycles. The van der Waals surface area contributed by atoms with E-state index in [0.717, 1.165) is 11.3 Å². The zero-order chi connectivity index (χ0) is 12.1. The van der Waals surface area contributed by atoms with Crippen LogP contribution in [0.4, 0.5) is 5.69 Å². The summed E-state index contributed by atoms with van der Waals surface area (Å²) >= 11 is 0. The third kappa shape index (κ3) is 2.97. The molecule has 0 bridgehead atoms.